The van der Waals surface area contributed by atoms with Crippen LogP contribution < -0.4 is 10.1 Å². The third kappa shape index (κ3) is 4.28. The lowest BCUT2D eigenvalue weighted by Gasteiger charge is -2.14. The van der Waals surface area contributed by atoms with E-state index in [1.165, 1.54) is 6.07 Å². The Balaban J connectivity index is 2.40. The normalized spacial score (nSPS) is 10.2. The van der Waals surface area contributed by atoms with Crippen molar-refractivity contribution in [1.82, 2.24) is 0 Å². The third-order valence-electron chi connectivity index (χ3n) is 2.89. The maximum Gasteiger partial charge on any atom is 0.416 e. The molecule has 1 N–H and O–H groups in total. The van der Waals surface area contributed by atoms with E-state index >= 15 is 0 Å². The maximum atomic E-state index is 12.9. The minimum absolute atomic E-state index is 0.0170. The summed E-state index contributed by atoms with van der Waals surface area (Å²) >= 11 is 0. The number of rotatable bonds is 4. The molecule has 4 nitrogen and oxygen atoms in total. The summed E-state index contributed by atoms with van der Waals surface area (Å²) in [6, 6.07) is 14.6. The lowest BCUT2D eigenvalue weighted by atomic mass is 10.1. The molecule has 2 rings (SSSR count). The molecule has 24 heavy (non-hydrogen) atoms. The highest BCUT2D eigenvalue weighted by atomic mass is 19.4. The summed E-state index contributed by atoms with van der Waals surface area (Å²) < 4.78 is 44.2. The van der Waals surface area contributed by atoms with Crippen LogP contribution in [0.5, 0.6) is 11.5 Å². The molecule has 0 amide bonds. The fourth-order valence-electron chi connectivity index (χ4n) is 1.76. The van der Waals surface area contributed by atoms with Gasteiger partial charge in [-0.25, -0.2) is 0 Å². The van der Waals surface area contributed by atoms with Gasteiger partial charge in [-0.1, -0.05) is 18.2 Å². The highest BCUT2D eigenvalue weighted by molar-refractivity contribution is 5.62. The number of benzene rings is 2. The zero-order chi connectivity index (χ0) is 17.6. The van der Waals surface area contributed by atoms with Gasteiger partial charge in [-0.3, -0.25) is 0 Å². The molecule has 120 valence electrons. The second-order valence-corrected chi connectivity index (χ2v) is 4.55. The van der Waals surface area contributed by atoms with E-state index in [-0.39, 0.29) is 17.0 Å². The van der Waals surface area contributed by atoms with Crippen LogP contribution in [0.25, 0.3) is 0 Å². The first-order valence-electron chi connectivity index (χ1n) is 6.65. The Bertz CT molecular complexity index is 815. The lowest BCUT2D eigenvalue weighted by Crippen LogP contribution is -2.06. The van der Waals surface area contributed by atoms with Crippen molar-refractivity contribution in [2.75, 3.05) is 5.32 Å². The van der Waals surface area contributed by atoms with Gasteiger partial charge < -0.3 is 10.1 Å². The molecule has 0 saturated carbocycles. The van der Waals surface area contributed by atoms with Crippen molar-refractivity contribution in [3.05, 3.63) is 65.9 Å². The molecule has 2 aromatic rings. The average molecular weight is 329 g/mol. The summed E-state index contributed by atoms with van der Waals surface area (Å²) in [7, 11) is 0. The Morgan fingerprint density at radius 3 is 2.29 bits per heavy atom. The fourth-order valence-corrected chi connectivity index (χ4v) is 1.76. The van der Waals surface area contributed by atoms with E-state index in [0.29, 0.717) is 5.75 Å². The van der Waals surface area contributed by atoms with Gasteiger partial charge in [-0.2, -0.15) is 23.7 Å². The van der Waals surface area contributed by atoms with E-state index in [1.807, 2.05) is 0 Å². The van der Waals surface area contributed by atoms with Crippen molar-refractivity contribution in [2.24, 2.45) is 0 Å². The Kier molecular flexibility index (Phi) is 5.08. The van der Waals surface area contributed by atoms with Gasteiger partial charge in [0.25, 0.3) is 0 Å². The van der Waals surface area contributed by atoms with Gasteiger partial charge in [0.05, 0.1) is 11.3 Å². The number of alkyl halides is 3. The molecule has 7 heteroatoms. The molecule has 0 aliphatic carbocycles. The van der Waals surface area contributed by atoms with E-state index in [9.17, 15) is 13.2 Å². The number of para-hydroxylation sites is 1. The summed E-state index contributed by atoms with van der Waals surface area (Å²) in [6.45, 7) is 0. The second kappa shape index (κ2) is 7.21. The van der Waals surface area contributed by atoms with E-state index in [2.05, 4.69) is 5.32 Å². The number of nitriles is 2. The van der Waals surface area contributed by atoms with Crippen LogP contribution in [0.4, 0.5) is 18.9 Å². The highest BCUT2D eigenvalue weighted by Crippen LogP contribution is 2.36. The van der Waals surface area contributed by atoms with Crippen molar-refractivity contribution in [1.29, 1.82) is 10.5 Å². The monoisotopic (exact) mass is 329 g/mol. The molecule has 0 aliphatic heterocycles. The molecule has 0 heterocycles. The van der Waals surface area contributed by atoms with Gasteiger partial charge in [-0.05, 0) is 30.3 Å². The predicted molar refractivity (Wildman–Crippen MR) is 80.9 cm³/mol. The van der Waals surface area contributed by atoms with Crippen molar-refractivity contribution in [3.63, 3.8) is 0 Å². The first-order valence-corrected chi connectivity index (χ1v) is 6.65. The molecule has 2 aromatic carbocycles. The van der Waals surface area contributed by atoms with Crippen LogP contribution in [0.1, 0.15) is 5.56 Å². The van der Waals surface area contributed by atoms with Crippen molar-refractivity contribution in [3.8, 4) is 23.6 Å². The predicted octanol–water partition coefficient (Wildman–Crippen LogP) is 4.84. The number of hydrogen-bond donors (Lipinski definition) is 1. The van der Waals surface area contributed by atoms with Crippen molar-refractivity contribution in [2.45, 2.75) is 6.18 Å². The lowest BCUT2D eigenvalue weighted by molar-refractivity contribution is -0.137. The third-order valence-corrected chi connectivity index (χ3v) is 2.89. The number of allylic oxidation sites excluding steroid dienone is 1. The molecular weight excluding hydrogens is 319 g/mol. The highest BCUT2D eigenvalue weighted by Gasteiger charge is 2.31. The van der Waals surface area contributed by atoms with Crippen LogP contribution >= 0.6 is 0 Å². The van der Waals surface area contributed by atoms with Crippen LogP contribution in [0.3, 0.4) is 0 Å². The molecule has 0 fully saturated rings. The van der Waals surface area contributed by atoms with Crippen LogP contribution in [0, 0.1) is 22.7 Å². The quantitative estimate of drug-likeness (QED) is 0.815. The molecule has 0 spiro atoms. The molecule has 0 bridgehead atoms. The Labute approximate surface area is 136 Å². The van der Waals surface area contributed by atoms with Gasteiger partial charge in [0, 0.05) is 6.20 Å². The van der Waals surface area contributed by atoms with Gasteiger partial charge in [0.15, 0.2) is 5.75 Å². The number of nitrogens with one attached hydrogen (secondary N) is 1. The standard InChI is InChI=1S/C17H10F3N3O/c18-17(19,20)13-6-7-16(24-14-4-2-1-3-5-14)15(8-13)23-11-12(9-21)10-22/h1-8,11,23H. The number of hydrogen-bond acceptors (Lipinski definition) is 4. The number of ether oxygens (including phenoxy) is 1. The maximum absolute atomic E-state index is 12.9. The number of nitrogens with zero attached hydrogens (tertiary/aromatic N) is 2. The minimum atomic E-state index is -4.53. The summed E-state index contributed by atoms with van der Waals surface area (Å²) in [6.07, 6.45) is -3.51. The van der Waals surface area contributed by atoms with Crippen LogP contribution in [-0.2, 0) is 6.18 Å². The summed E-state index contributed by atoms with van der Waals surface area (Å²) in [4.78, 5) is 0. The van der Waals surface area contributed by atoms with Crippen LogP contribution in [0.2, 0.25) is 0 Å². The SMILES string of the molecule is N#CC(C#N)=CNc1cc(C(F)(F)F)ccc1Oc1ccccc1. The van der Waals surface area contributed by atoms with Gasteiger partial charge in [0.1, 0.15) is 23.5 Å². The fraction of sp³-hybridized carbons (Fsp3) is 0.0588. The Hall–Kier alpha value is -3.45. The van der Waals surface area contributed by atoms with Gasteiger partial charge in [-0.15, -0.1) is 0 Å². The number of anilines is 1. The average Bonchev–Trinajstić information content (AvgIpc) is 2.57. The number of halogens is 3. The summed E-state index contributed by atoms with van der Waals surface area (Å²) in [5.41, 5.74) is -1.18. The summed E-state index contributed by atoms with van der Waals surface area (Å²) in [5.74, 6) is 0.561. The molecular formula is C17H10F3N3O. The van der Waals surface area contributed by atoms with E-state index in [4.69, 9.17) is 15.3 Å². The Morgan fingerprint density at radius 1 is 1.04 bits per heavy atom. The van der Waals surface area contributed by atoms with Crippen LogP contribution in [-0.4, -0.2) is 0 Å². The molecule has 0 radical (unpaired) electrons. The van der Waals surface area contributed by atoms with Crippen LogP contribution in [0.15, 0.2) is 60.3 Å². The second-order valence-electron chi connectivity index (χ2n) is 4.55. The minimum Gasteiger partial charge on any atom is -0.455 e. The molecule has 0 unspecified atom stereocenters. The molecule has 0 aliphatic rings. The van der Waals surface area contributed by atoms with E-state index in [1.54, 1.807) is 42.5 Å². The molecule has 0 atom stereocenters. The first kappa shape index (κ1) is 16.9. The first-order chi connectivity index (χ1) is 11.4. The van der Waals surface area contributed by atoms with E-state index in [0.717, 1.165) is 18.3 Å². The zero-order valence-corrected chi connectivity index (χ0v) is 12.1. The van der Waals surface area contributed by atoms with Crippen molar-refractivity contribution >= 4 is 5.69 Å². The van der Waals surface area contributed by atoms with Gasteiger partial charge in [0.2, 0.25) is 0 Å². The molecule has 0 aromatic heterocycles. The summed E-state index contributed by atoms with van der Waals surface area (Å²) in [5, 5.41) is 19.9. The smallest absolute Gasteiger partial charge is 0.416 e. The Morgan fingerprint density at radius 2 is 1.71 bits per heavy atom. The van der Waals surface area contributed by atoms with E-state index < -0.39 is 11.7 Å². The zero-order valence-electron chi connectivity index (χ0n) is 12.1. The van der Waals surface area contributed by atoms with Gasteiger partial charge >= 0.3 is 6.18 Å². The largest absolute Gasteiger partial charge is 0.455 e. The van der Waals surface area contributed by atoms with Crippen molar-refractivity contribution < 1.29 is 17.9 Å². The topological polar surface area (TPSA) is 68.8 Å². The molecule has 0 saturated heterocycles.